The van der Waals surface area contributed by atoms with Gasteiger partial charge in [-0.15, -0.1) is 0 Å². The molecule has 0 saturated carbocycles. The molecule has 0 bridgehead atoms. The molecule has 4 rings (SSSR count). The van der Waals surface area contributed by atoms with Crippen molar-refractivity contribution in [3.8, 4) is 0 Å². The van der Waals surface area contributed by atoms with Crippen molar-refractivity contribution in [1.29, 1.82) is 0 Å². The Kier molecular flexibility index (Phi) is 6.44. The first-order valence-electron chi connectivity index (χ1n) is 10.1. The van der Waals surface area contributed by atoms with E-state index in [0.717, 1.165) is 41.5 Å². The molecule has 9 nitrogen and oxygen atoms in total. The van der Waals surface area contributed by atoms with Crippen molar-refractivity contribution < 1.29 is 4.21 Å². The summed E-state index contributed by atoms with van der Waals surface area (Å²) in [6, 6.07) is 2.06. The first-order valence-corrected chi connectivity index (χ1v) is 12.0. The number of fused-ring (bicyclic) bond motifs is 1. The van der Waals surface area contributed by atoms with Crippen LogP contribution < -0.4 is 10.7 Å². The van der Waals surface area contributed by atoms with Crippen molar-refractivity contribution in [1.82, 2.24) is 28.5 Å². The third kappa shape index (κ3) is 4.53. The van der Waals surface area contributed by atoms with Crippen molar-refractivity contribution >= 4 is 50.8 Å². The van der Waals surface area contributed by atoms with Gasteiger partial charge in [0, 0.05) is 49.3 Å². The monoisotopic (exact) mass is 458 g/mol. The molecule has 11 heteroatoms. The average Bonchev–Trinajstić information content (AvgIpc) is 3.50. The molecule has 2 N–H and O–H groups in total. The van der Waals surface area contributed by atoms with E-state index in [1.54, 1.807) is 25.7 Å². The fourth-order valence-corrected chi connectivity index (χ4v) is 5.47. The lowest BCUT2D eigenvalue weighted by Gasteiger charge is -2.16. The van der Waals surface area contributed by atoms with Crippen molar-refractivity contribution in [2.75, 3.05) is 25.5 Å². The molecule has 1 saturated heterocycles. The van der Waals surface area contributed by atoms with Gasteiger partial charge in [0.2, 0.25) is 0 Å². The van der Waals surface area contributed by atoms with E-state index >= 15 is 0 Å². The summed E-state index contributed by atoms with van der Waals surface area (Å²) in [7, 11) is 0.802. The minimum atomic E-state index is -0.934. The van der Waals surface area contributed by atoms with Crippen LogP contribution in [0, 0.1) is 0 Å². The van der Waals surface area contributed by atoms with E-state index in [1.165, 1.54) is 11.5 Å². The number of allylic oxidation sites excluding steroid dienone is 1. The number of aromatic nitrogens is 4. The maximum atomic E-state index is 12.4. The zero-order valence-electron chi connectivity index (χ0n) is 17.8. The van der Waals surface area contributed by atoms with Gasteiger partial charge in [0.1, 0.15) is 5.00 Å². The van der Waals surface area contributed by atoms with Crippen LogP contribution in [0.4, 0.5) is 10.8 Å². The molecule has 0 radical (unpaired) electrons. The summed E-state index contributed by atoms with van der Waals surface area (Å²) < 4.78 is 21.0. The van der Waals surface area contributed by atoms with Crippen molar-refractivity contribution in [3.63, 3.8) is 0 Å². The third-order valence-electron chi connectivity index (χ3n) is 5.10. The molecule has 31 heavy (non-hydrogen) atoms. The first-order chi connectivity index (χ1) is 15.0. The smallest absolute Gasteiger partial charge is 0.180 e. The summed E-state index contributed by atoms with van der Waals surface area (Å²) in [6.07, 6.45) is 7.95. The quantitative estimate of drug-likeness (QED) is 0.398. The fourth-order valence-electron chi connectivity index (χ4n) is 3.54. The van der Waals surface area contributed by atoms with Crippen LogP contribution in [0.2, 0.25) is 0 Å². The molecule has 1 aliphatic rings. The predicted molar refractivity (Wildman–Crippen MR) is 127 cm³/mol. The number of imidazole rings is 1. The maximum Gasteiger partial charge on any atom is 0.180 e. The molecular weight excluding hydrogens is 432 g/mol. The van der Waals surface area contributed by atoms with Crippen LogP contribution in [-0.4, -0.2) is 58.9 Å². The molecule has 0 amide bonds. The van der Waals surface area contributed by atoms with Gasteiger partial charge in [0.05, 0.1) is 34.8 Å². The van der Waals surface area contributed by atoms with Crippen LogP contribution >= 0.6 is 11.5 Å². The Bertz CT molecular complexity index is 1140. The van der Waals surface area contributed by atoms with Gasteiger partial charge in [0.25, 0.3) is 0 Å². The lowest BCUT2D eigenvalue weighted by molar-refractivity contribution is 0.521. The van der Waals surface area contributed by atoms with E-state index in [4.69, 9.17) is 0 Å². The molecule has 1 aliphatic heterocycles. The Morgan fingerprint density at radius 2 is 2.29 bits per heavy atom. The third-order valence-corrected chi connectivity index (χ3v) is 7.47. The summed E-state index contributed by atoms with van der Waals surface area (Å²) in [6.45, 7) is 9.66. The van der Waals surface area contributed by atoms with Gasteiger partial charge < -0.3 is 10.7 Å². The summed E-state index contributed by atoms with van der Waals surface area (Å²) >= 11 is 1.40. The largest absolute Gasteiger partial charge is 0.328 e. The van der Waals surface area contributed by atoms with Crippen LogP contribution in [0.5, 0.6) is 0 Å². The number of rotatable bonds is 8. The first kappa shape index (κ1) is 21.6. The Morgan fingerprint density at radius 3 is 3.06 bits per heavy atom. The highest BCUT2D eigenvalue weighted by Gasteiger charge is 2.30. The number of nitrogens with zero attached hydrogens (tertiary/aromatic N) is 6. The molecule has 4 heterocycles. The van der Waals surface area contributed by atoms with Crippen molar-refractivity contribution in [2.45, 2.75) is 31.4 Å². The van der Waals surface area contributed by atoms with E-state index in [1.807, 2.05) is 24.4 Å². The summed E-state index contributed by atoms with van der Waals surface area (Å²) in [5, 5.41) is 8.40. The predicted octanol–water partition coefficient (Wildman–Crippen LogP) is 3.01. The number of hydrogen-bond acceptors (Lipinski definition) is 8. The minimum Gasteiger partial charge on any atom is -0.328 e. The number of hydrazone groups is 1. The van der Waals surface area contributed by atoms with E-state index in [2.05, 4.69) is 47.1 Å². The van der Waals surface area contributed by atoms with Gasteiger partial charge in [-0.25, -0.2) is 18.5 Å². The number of hydrogen-bond donors (Lipinski definition) is 2. The van der Waals surface area contributed by atoms with E-state index in [0.29, 0.717) is 17.4 Å². The second-order valence-corrected chi connectivity index (χ2v) is 10.4. The molecule has 0 spiro atoms. The minimum absolute atomic E-state index is 0.137. The number of anilines is 2. The molecule has 3 aromatic rings. The van der Waals surface area contributed by atoms with Crippen LogP contribution in [0.25, 0.3) is 11.2 Å². The van der Waals surface area contributed by atoms with E-state index in [9.17, 15) is 4.21 Å². The van der Waals surface area contributed by atoms with Gasteiger partial charge in [-0.2, -0.15) is 9.47 Å². The molecule has 3 aromatic heterocycles. The molecule has 0 aromatic carbocycles. The average molecular weight is 459 g/mol. The molecule has 2 unspecified atom stereocenters. The Labute approximate surface area is 188 Å². The fraction of sp³-hybridized carbons (Fsp3) is 0.400. The Morgan fingerprint density at radius 1 is 1.45 bits per heavy atom. The highest BCUT2D eigenvalue weighted by Crippen LogP contribution is 2.32. The summed E-state index contributed by atoms with van der Waals surface area (Å²) in [5.74, 6) is 0.947. The summed E-state index contributed by atoms with van der Waals surface area (Å²) in [5.41, 5.74) is 6.03. The maximum absolute atomic E-state index is 12.4. The zero-order valence-corrected chi connectivity index (χ0v) is 19.4. The van der Waals surface area contributed by atoms with Crippen molar-refractivity contribution in [3.05, 3.63) is 42.6 Å². The number of nitrogens with one attached hydrogen (secondary N) is 2. The second kappa shape index (κ2) is 9.25. The summed E-state index contributed by atoms with van der Waals surface area (Å²) in [4.78, 5) is 8.97. The van der Waals surface area contributed by atoms with Crippen molar-refractivity contribution in [2.24, 2.45) is 5.10 Å². The van der Waals surface area contributed by atoms with Crippen LogP contribution in [0.3, 0.4) is 0 Å². The lowest BCUT2D eigenvalue weighted by atomic mass is 10.1. The van der Waals surface area contributed by atoms with Crippen LogP contribution in [0.15, 0.2) is 36.3 Å². The van der Waals surface area contributed by atoms with Crippen LogP contribution in [-0.2, 0) is 11.0 Å². The molecule has 2 atom stereocenters. The van der Waals surface area contributed by atoms with Gasteiger partial charge >= 0.3 is 0 Å². The van der Waals surface area contributed by atoms with Gasteiger partial charge in [-0.1, -0.05) is 6.58 Å². The normalized spacial score (nSPS) is 18.3. The molecule has 0 aliphatic carbocycles. The van der Waals surface area contributed by atoms with E-state index in [-0.39, 0.29) is 5.25 Å². The standard InChI is InChI=1S/C20H26N8OS2/c1-13(2)31(29)27-7-5-15(12-27)16-9-18(30-26-16)25-19-20-23-11-17(14(3)10-24-21-4)28(20)8-6-22-19/h6,8-11,13,15,21H,3,5,7,12H2,1-2,4H3,(H,22,25)/b24-10-. The highest BCUT2D eigenvalue weighted by molar-refractivity contribution is 7.83. The topological polar surface area (TPSA) is 99.8 Å². The molecule has 1 fully saturated rings. The highest BCUT2D eigenvalue weighted by atomic mass is 32.2. The molecular formula is C20H26N8OS2. The molecule has 164 valence electrons. The Hall–Kier alpha value is -2.63. The lowest BCUT2D eigenvalue weighted by Crippen LogP contribution is -2.28. The van der Waals surface area contributed by atoms with Gasteiger partial charge in [0.15, 0.2) is 11.5 Å². The second-order valence-electron chi connectivity index (χ2n) is 7.56. The van der Waals surface area contributed by atoms with Crippen LogP contribution in [0.1, 0.15) is 37.6 Å². The van der Waals surface area contributed by atoms with Gasteiger partial charge in [-0.05, 0) is 37.9 Å². The SMILES string of the molecule is C=C(/C=N\NC)c1cnc2c(Nc3cc(C4CCN(S(=O)C(C)C)C4)ns3)nccn12. The van der Waals surface area contributed by atoms with Gasteiger partial charge in [-0.3, -0.25) is 4.40 Å². The zero-order chi connectivity index (χ0) is 22.0. The Balaban J connectivity index is 1.50. The van der Waals surface area contributed by atoms with E-state index < -0.39 is 11.0 Å².